The average molecular weight is 341 g/mol. The lowest BCUT2D eigenvalue weighted by Crippen LogP contribution is -2.19. The van der Waals surface area contributed by atoms with E-state index in [-0.39, 0.29) is 23.4 Å². The van der Waals surface area contributed by atoms with Gasteiger partial charge >= 0.3 is 5.63 Å². The molecule has 0 amide bonds. The van der Waals surface area contributed by atoms with Gasteiger partial charge in [-0.2, -0.15) is 5.10 Å². The van der Waals surface area contributed by atoms with Crippen LogP contribution in [0.15, 0.2) is 56.1 Å². The van der Waals surface area contributed by atoms with Gasteiger partial charge in [0.2, 0.25) is 0 Å². The standard InChI is InChI=1S/C17H15N3O3S/c1-10-7-14(21)16(17(22)23-10)12(20-18)8-15-19-13(9-24-15)11-5-3-2-4-6-11/h2-7,9,21H,8,18H2,1H3/b20-12-. The molecule has 1 aromatic carbocycles. The van der Waals surface area contributed by atoms with E-state index in [9.17, 15) is 9.90 Å². The highest BCUT2D eigenvalue weighted by Crippen LogP contribution is 2.23. The van der Waals surface area contributed by atoms with Crippen LogP contribution in [0, 0.1) is 6.92 Å². The van der Waals surface area contributed by atoms with Crippen LogP contribution in [0.5, 0.6) is 5.75 Å². The molecule has 0 aliphatic rings. The minimum atomic E-state index is -0.670. The third-order valence-electron chi connectivity index (χ3n) is 3.44. The zero-order chi connectivity index (χ0) is 17.1. The van der Waals surface area contributed by atoms with Crippen molar-refractivity contribution in [3.05, 3.63) is 68.5 Å². The van der Waals surface area contributed by atoms with Crippen LogP contribution in [0.1, 0.15) is 16.3 Å². The number of aromatic hydroxyl groups is 1. The summed E-state index contributed by atoms with van der Waals surface area (Å²) >= 11 is 1.44. The molecule has 0 saturated carbocycles. The summed E-state index contributed by atoms with van der Waals surface area (Å²) in [5, 5.41) is 16.3. The molecule has 24 heavy (non-hydrogen) atoms. The number of benzene rings is 1. The molecule has 0 unspecified atom stereocenters. The Balaban J connectivity index is 1.91. The fraction of sp³-hybridized carbons (Fsp3) is 0.118. The summed E-state index contributed by atoms with van der Waals surface area (Å²) in [6.45, 7) is 1.58. The molecule has 0 fully saturated rings. The van der Waals surface area contributed by atoms with Crippen LogP contribution in [-0.4, -0.2) is 15.8 Å². The second kappa shape index (κ2) is 6.67. The molecule has 6 nitrogen and oxygen atoms in total. The molecule has 0 atom stereocenters. The van der Waals surface area contributed by atoms with Crippen LogP contribution >= 0.6 is 11.3 Å². The van der Waals surface area contributed by atoms with Crippen molar-refractivity contribution in [2.75, 3.05) is 0 Å². The minimum absolute atomic E-state index is 0.0282. The van der Waals surface area contributed by atoms with Gasteiger partial charge in [-0.3, -0.25) is 0 Å². The number of hydrogen-bond donors (Lipinski definition) is 2. The second-order valence-corrected chi connectivity index (χ2v) is 6.09. The van der Waals surface area contributed by atoms with Gasteiger partial charge in [0.1, 0.15) is 17.1 Å². The molecular weight excluding hydrogens is 326 g/mol. The topological polar surface area (TPSA) is 102 Å². The first kappa shape index (κ1) is 15.9. The smallest absolute Gasteiger partial charge is 0.348 e. The molecule has 3 rings (SSSR count). The maximum Gasteiger partial charge on any atom is 0.348 e. The monoisotopic (exact) mass is 341 g/mol. The van der Waals surface area contributed by atoms with Crippen molar-refractivity contribution in [3.63, 3.8) is 0 Å². The van der Waals surface area contributed by atoms with E-state index in [2.05, 4.69) is 10.1 Å². The molecule has 0 spiro atoms. The molecule has 0 bridgehead atoms. The van der Waals surface area contributed by atoms with Crippen molar-refractivity contribution in [3.8, 4) is 17.0 Å². The first-order valence-electron chi connectivity index (χ1n) is 7.19. The van der Waals surface area contributed by atoms with Crippen LogP contribution in [0.4, 0.5) is 0 Å². The van der Waals surface area contributed by atoms with Crippen LogP contribution < -0.4 is 11.5 Å². The number of aromatic nitrogens is 1. The molecular formula is C17H15N3O3S. The molecule has 3 aromatic rings. The lowest BCUT2D eigenvalue weighted by atomic mass is 10.1. The van der Waals surface area contributed by atoms with Gasteiger partial charge in [0.05, 0.1) is 16.4 Å². The van der Waals surface area contributed by atoms with Gasteiger partial charge in [0, 0.05) is 23.4 Å². The summed E-state index contributed by atoms with van der Waals surface area (Å²) in [5.74, 6) is 5.54. The van der Waals surface area contributed by atoms with Crippen molar-refractivity contribution in [1.82, 2.24) is 4.98 Å². The first-order valence-corrected chi connectivity index (χ1v) is 8.07. The Morgan fingerprint density at radius 1 is 1.38 bits per heavy atom. The van der Waals surface area contributed by atoms with E-state index in [1.54, 1.807) is 6.92 Å². The van der Waals surface area contributed by atoms with Gasteiger partial charge in [-0.15, -0.1) is 11.3 Å². The highest BCUT2D eigenvalue weighted by molar-refractivity contribution is 7.10. The number of hydrazone groups is 1. The Labute approximate surface area is 141 Å². The fourth-order valence-corrected chi connectivity index (χ4v) is 3.14. The third-order valence-corrected chi connectivity index (χ3v) is 4.29. The minimum Gasteiger partial charge on any atom is -0.507 e. The average Bonchev–Trinajstić information content (AvgIpc) is 3.02. The lowest BCUT2D eigenvalue weighted by Gasteiger charge is -2.05. The molecule has 2 aromatic heterocycles. The largest absolute Gasteiger partial charge is 0.507 e. The molecule has 3 N–H and O–H groups in total. The Kier molecular flexibility index (Phi) is 4.43. The zero-order valence-corrected chi connectivity index (χ0v) is 13.7. The van der Waals surface area contributed by atoms with E-state index in [1.807, 2.05) is 35.7 Å². The lowest BCUT2D eigenvalue weighted by molar-refractivity contribution is 0.432. The quantitative estimate of drug-likeness (QED) is 0.431. The predicted molar refractivity (Wildman–Crippen MR) is 93.4 cm³/mol. The van der Waals surface area contributed by atoms with Crippen LogP contribution in [-0.2, 0) is 6.42 Å². The van der Waals surface area contributed by atoms with Gasteiger partial charge in [-0.25, -0.2) is 9.78 Å². The SMILES string of the molecule is Cc1cc(O)c(/C(Cc2nc(-c3ccccc3)cs2)=N\N)c(=O)o1. The highest BCUT2D eigenvalue weighted by Gasteiger charge is 2.18. The molecule has 0 aliphatic heterocycles. The number of aryl methyl sites for hydroxylation is 1. The number of nitrogens with zero attached hydrogens (tertiary/aromatic N) is 2. The Morgan fingerprint density at radius 3 is 2.79 bits per heavy atom. The summed E-state index contributed by atoms with van der Waals surface area (Å²) in [7, 11) is 0. The Hall–Kier alpha value is -2.93. The van der Waals surface area contributed by atoms with Gasteiger partial charge in [-0.1, -0.05) is 30.3 Å². The number of rotatable bonds is 4. The molecule has 7 heteroatoms. The molecule has 122 valence electrons. The Morgan fingerprint density at radius 2 is 2.12 bits per heavy atom. The molecule has 2 heterocycles. The van der Waals surface area contributed by atoms with Gasteiger partial charge < -0.3 is 15.4 Å². The van der Waals surface area contributed by atoms with Crippen LogP contribution in [0.2, 0.25) is 0 Å². The highest BCUT2D eigenvalue weighted by atomic mass is 32.1. The normalized spacial score (nSPS) is 11.6. The summed E-state index contributed by atoms with van der Waals surface area (Å²) in [6, 6.07) is 11.1. The van der Waals surface area contributed by atoms with Gasteiger partial charge in [-0.05, 0) is 6.92 Å². The second-order valence-electron chi connectivity index (χ2n) is 5.15. The predicted octanol–water partition coefficient (Wildman–Crippen LogP) is 2.68. The van der Waals surface area contributed by atoms with Crippen LogP contribution in [0.25, 0.3) is 11.3 Å². The fourth-order valence-electron chi connectivity index (χ4n) is 2.34. The van der Waals surface area contributed by atoms with E-state index >= 15 is 0 Å². The first-order chi connectivity index (χ1) is 11.6. The number of hydrogen-bond acceptors (Lipinski definition) is 7. The molecule has 0 aliphatic carbocycles. The van der Waals surface area contributed by atoms with E-state index < -0.39 is 5.63 Å². The maximum absolute atomic E-state index is 12.0. The molecule has 0 radical (unpaired) electrons. The van der Waals surface area contributed by atoms with Crippen molar-refractivity contribution >= 4 is 17.0 Å². The van der Waals surface area contributed by atoms with E-state index in [1.165, 1.54) is 17.4 Å². The number of thiazole rings is 1. The zero-order valence-electron chi connectivity index (χ0n) is 12.9. The summed E-state index contributed by atoms with van der Waals surface area (Å²) in [4.78, 5) is 16.5. The van der Waals surface area contributed by atoms with Crippen molar-refractivity contribution in [2.45, 2.75) is 13.3 Å². The van der Waals surface area contributed by atoms with Crippen molar-refractivity contribution in [1.29, 1.82) is 0 Å². The van der Waals surface area contributed by atoms with Crippen LogP contribution in [0.3, 0.4) is 0 Å². The third kappa shape index (κ3) is 3.21. The van der Waals surface area contributed by atoms with Crippen molar-refractivity contribution < 1.29 is 9.52 Å². The molecule has 0 saturated heterocycles. The van der Waals surface area contributed by atoms with Crippen molar-refractivity contribution in [2.24, 2.45) is 10.9 Å². The maximum atomic E-state index is 12.0. The van der Waals surface area contributed by atoms with E-state index in [0.29, 0.717) is 5.76 Å². The van der Waals surface area contributed by atoms with Gasteiger partial charge in [0.15, 0.2) is 0 Å². The summed E-state index contributed by atoms with van der Waals surface area (Å²) < 4.78 is 5.02. The number of nitrogens with two attached hydrogens (primary N) is 1. The summed E-state index contributed by atoms with van der Waals surface area (Å²) in [6.07, 6.45) is 0.232. The summed E-state index contributed by atoms with van der Waals surface area (Å²) in [5.41, 5.74) is 1.38. The van der Waals surface area contributed by atoms with Gasteiger partial charge in [0.25, 0.3) is 0 Å². The Bertz CT molecular complexity index is 945. The van der Waals surface area contributed by atoms with E-state index in [0.717, 1.165) is 16.3 Å². The van der Waals surface area contributed by atoms with E-state index in [4.69, 9.17) is 10.3 Å².